The van der Waals surface area contributed by atoms with Crippen LogP contribution in [-0.4, -0.2) is 26.4 Å². The summed E-state index contributed by atoms with van der Waals surface area (Å²) < 4.78 is 1.98. The number of carbonyl (C=O) groups excluding carboxylic acids is 1. The average Bonchev–Trinajstić information content (AvgIpc) is 3.18. The third kappa shape index (κ3) is 4.56. The minimum atomic E-state index is -0.159. The normalized spacial score (nSPS) is 10.7. The quantitative estimate of drug-likeness (QED) is 0.400. The van der Waals surface area contributed by atoms with E-state index < -0.39 is 0 Å². The Labute approximate surface area is 184 Å². The molecule has 0 saturated heterocycles. The Balaban J connectivity index is 1.61. The first-order valence-corrected chi connectivity index (χ1v) is 10.7. The summed E-state index contributed by atoms with van der Waals surface area (Å²) in [5.41, 5.74) is 3.63. The highest BCUT2D eigenvalue weighted by atomic mass is 35.5. The van der Waals surface area contributed by atoms with Crippen molar-refractivity contribution in [3.05, 3.63) is 89.4 Å². The lowest BCUT2D eigenvalue weighted by atomic mass is 10.2. The zero-order valence-electron chi connectivity index (χ0n) is 16.2. The predicted octanol–water partition coefficient (Wildman–Crippen LogP) is 5.63. The van der Waals surface area contributed by atoms with Gasteiger partial charge in [0.2, 0.25) is 5.91 Å². The van der Waals surface area contributed by atoms with Crippen LogP contribution in [0.4, 0.5) is 5.69 Å². The van der Waals surface area contributed by atoms with Crippen LogP contribution >= 0.6 is 23.4 Å². The van der Waals surface area contributed by atoms with Crippen molar-refractivity contribution in [2.75, 3.05) is 11.1 Å². The lowest BCUT2D eigenvalue weighted by molar-refractivity contribution is -0.113. The highest BCUT2D eigenvalue weighted by molar-refractivity contribution is 7.99. The number of aryl methyl sites for hydroxylation is 1. The summed E-state index contributed by atoms with van der Waals surface area (Å²) in [6.07, 6.45) is 0. The molecule has 4 aromatic rings. The summed E-state index contributed by atoms with van der Waals surface area (Å²) in [7, 11) is 0. The zero-order chi connectivity index (χ0) is 20.9. The van der Waals surface area contributed by atoms with E-state index in [9.17, 15) is 4.79 Å². The summed E-state index contributed by atoms with van der Waals surface area (Å²) in [6.45, 7) is 2.04. The van der Waals surface area contributed by atoms with E-state index in [1.54, 1.807) is 12.1 Å². The maximum atomic E-state index is 12.5. The molecule has 3 aromatic carbocycles. The molecule has 7 heteroatoms. The van der Waals surface area contributed by atoms with E-state index >= 15 is 0 Å². The molecule has 0 fully saturated rings. The molecule has 0 saturated carbocycles. The number of hydrogen-bond donors (Lipinski definition) is 1. The fourth-order valence-corrected chi connectivity index (χ4v) is 3.95. The number of nitrogens with one attached hydrogen (secondary N) is 1. The van der Waals surface area contributed by atoms with Crippen LogP contribution in [0.1, 0.15) is 5.56 Å². The minimum Gasteiger partial charge on any atom is -0.324 e. The fourth-order valence-electron chi connectivity index (χ4n) is 3.02. The van der Waals surface area contributed by atoms with Gasteiger partial charge in [0.15, 0.2) is 11.0 Å². The van der Waals surface area contributed by atoms with Crippen LogP contribution in [0.25, 0.3) is 17.1 Å². The Bertz CT molecular complexity index is 1180. The Morgan fingerprint density at radius 3 is 2.53 bits per heavy atom. The lowest BCUT2D eigenvalue weighted by Gasteiger charge is -2.11. The van der Waals surface area contributed by atoms with Gasteiger partial charge in [-0.25, -0.2) is 0 Å². The number of thioether (sulfide) groups is 1. The molecule has 150 valence electrons. The standard InChI is InChI=1S/C23H19ClN4OS/c1-16-8-7-11-18(14-16)28-22(17-9-3-2-4-10-17)26-27-23(28)30-15-21(29)25-20-13-6-5-12-19(20)24/h2-14H,15H2,1H3,(H,25,29). The Morgan fingerprint density at radius 1 is 1.00 bits per heavy atom. The van der Waals surface area contributed by atoms with E-state index in [0.717, 1.165) is 22.6 Å². The molecule has 30 heavy (non-hydrogen) atoms. The van der Waals surface area contributed by atoms with Crippen LogP contribution in [0.5, 0.6) is 0 Å². The van der Waals surface area contributed by atoms with Gasteiger partial charge in [-0.05, 0) is 36.8 Å². The van der Waals surface area contributed by atoms with Crippen molar-refractivity contribution in [2.45, 2.75) is 12.1 Å². The zero-order valence-corrected chi connectivity index (χ0v) is 17.8. The van der Waals surface area contributed by atoms with Crippen LogP contribution < -0.4 is 5.32 Å². The van der Waals surface area contributed by atoms with Gasteiger partial charge in [-0.1, -0.05) is 78.0 Å². The van der Waals surface area contributed by atoms with Crippen LogP contribution in [0.2, 0.25) is 5.02 Å². The van der Waals surface area contributed by atoms with E-state index in [1.807, 2.05) is 72.2 Å². The maximum absolute atomic E-state index is 12.5. The number of carbonyl (C=O) groups is 1. The Kier molecular flexibility index (Phi) is 6.16. The maximum Gasteiger partial charge on any atom is 0.234 e. The number of hydrogen-bond acceptors (Lipinski definition) is 4. The number of anilines is 1. The molecule has 1 aromatic heterocycles. The highest BCUT2D eigenvalue weighted by Gasteiger charge is 2.17. The van der Waals surface area contributed by atoms with Crippen molar-refractivity contribution in [1.29, 1.82) is 0 Å². The third-order valence-corrected chi connectivity index (χ3v) is 5.66. The smallest absolute Gasteiger partial charge is 0.234 e. The van der Waals surface area contributed by atoms with Crippen molar-refractivity contribution in [3.63, 3.8) is 0 Å². The molecule has 5 nitrogen and oxygen atoms in total. The summed E-state index contributed by atoms with van der Waals surface area (Å²) in [6, 6.07) is 25.2. The van der Waals surface area contributed by atoms with E-state index in [0.29, 0.717) is 15.9 Å². The lowest BCUT2D eigenvalue weighted by Crippen LogP contribution is -2.14. The molecule has 1 N–H and O–H groups in total. The number of amides is 1. The molecule has 1 amide bonds. The van der Waals surface area contributed by atoms with Gasteiger partial charge in [0.1, 0.15) is 0 Å². The summed E-state index contributed by atoms with van der Waals surface area (Å²) in [5.74, 6) is 0.757. The molecule has 0 unspecified atom stereocenters. The van der Waals surface area contributed by atoms with Crippen molar-refractivity contribution in [2.24, 2.45) is 0 Å². The number of rotatable bonds is 6. The largest absolute Gasteiger partial charge is 0.324 e. The van der Waals surface area contributed by atoms with Gasteiger partial charge in [-0.3, -0.25) is 9.36 Å². The average molecular weight is 435 g/mol. The topological polar surface area (TPSA) is 59.8 Å². The second kappa shape index (κ2) is 9.15. The van der Waals surface area contributed by atoms with Crippen molar-refractivity contribution in [3.8, 4) is 17.1 Å². The Morgan fingerprint density at radius 2 is 1.77 bits per heavy atom. The molecule has 0 aliphatic rings. The number of aromatic nitrogens is 3. The van der Waals surface area contributed by atoms with Crippen molar-refractivity contribution < 1.29 is 4.79 Å². The predicted molar refractivity (Wildman–Crippen MR) is 122 cm³/mol. The molecule has 0 aliphatic carbocycles. The van der Waals surface area contributed by atoms with Crippen LogP contribution in [0, 0.1) is 6.92 Å². The molecular weight excluding hydrogens is 416 g/mol. The van der Waals surface area contributed by atoms with Crippen LogP contribution in [-0.2, 0) is 4.79 Å². The van der Waals surface area contributed by atoms with Crippen LogP contribution in [0.3, 0.4) is 0 Å². The van der Waals surface area contributed by atoms with Gasteiger partial charge >= 0.3 is 0 Å². The first kappa shape index (κ1) is 20.2. The Hall–Kier alpha value is -3.09. The highest BCUT2D eigenvalue weighted by Crippen LogP contribution is 2.28. The first-order valence-electron chi connectivity index (χ1n) is 9.37. The minimum absolute atomic E-state index is 0.159. The van der Waals surface area contributed by atoms with Gasteiger partial charge in [0, 0.05) is 11.3 Å². The summed E-state index contributed by atoms with van der Waals surface area (Å²) in [4.78, 5) is 12.5. The number of para-hydroxylation sites is 1. The van der Waals surface area contributed by atoms with Gasteiger partial charge in [-0.15, -0.1) is 10.2 Å². The number of benzene rings is 3. The van der Waals surface area contributed by atoms with Gasteiger partial charge in [0.25, 0.3) is 0 Å². The van der Waals surface area contributed by atoms with Gasteiger partial charge < -0.3 is 5.32 Å². The van der Waals surface area contributed by atoms with E-state index in [-0.39, 0.29) is 11.7 Å². The second-order valence-corrected chi connectivity index (χ2v) is 8.01. The SMILES string of the molecule is Cc1cccc(-n2c(SCC(=O)Nc3ccccc3Cl)nnc2-c2ccccc2)c1. The van der Waals surface area contributed by atoms with E-state index in [1.165, 1.54) is 11.8 Å². The fraction of sp³-hybridized carbons (Fsp3) is 0.0870. The summed E-state index contributed by atoms with van der Waals surface area (Å²) in [5, 5.41) is 12.8. The van der Waals surface area contributed by atoms with Crippen molar-refractivity contribution in [1.82, 2.24) is 14.8 Å². The van der Waals surface area contributed by atoms with E-state index in [4.69, 9.17) is 11.6 Å². The molecule has 1 heterocycles. The van der Waals surface area contributed by atoms with Gasteiger partial charge in [-0.2, -0.15) is 0 Å². The monoisotopic (exact) mass is 434 g/mol. The molecule has 4 rings (SSSR count). The van der Waals surface area contributed by atoms with E-state index in [2.05, 4.69) is 21.6 Å². The third-order valence-electron chi connectivity index (χ3n) is 4.41. The second-order valence-electron chi connectivity index (χ2n) is 6.66. The molecule has 0 spiro atoms. The molecule has 0 atom stereocenters. The van der Waals surface area contributed by atoms with Crippen LogP contribution in [0.15, 0.2) is 84.0 Å². The molecule has 0 bridgehead atoms. The number of halogens is 1. The van der Waals surface area contributed by atoms with Crippen molar-refractivity contribution >= 4 is 35.0 Å². The first-order chi connectivity index (χ1) is 14.6. The molecule has 0 radical (unpaired) electrons. The summed E-state index contributed by atoms with van der Waals surface area (Å²) >= 11 is 7.46. The molecule has 0 aliphatic heterocycles. The van der Waals surface area contributed by atoms with Gasteiger partial charge in [0.05, 0.1) is 16.5 Å². The molecular formula is C23H19ClN4OS. The number of nitrogens with zero attached hydrogens (tertiary/aromatic N) is 3.